The van der Waals surface area contributed by atoms with Crippen LogP contribution >= 0.6 is 0 Å². The number of sulfonamides is 1. The Bertz CT molecular complexity index is 725. The van der Waals surface area contributed by atoms with Crippen LogP contribution in [-0.4, -0.2) is 73.4 Å². The highest BCUT2D eigenvalue weighted by Crippen LogP contribution is 2.16. The number of hydrazone groups is 1. The standard InChI is InChI=1S/C16H22N4O3S/c1-24(22,23)19-11-9-18(10-12-19)13-20-16(21)8-7-15(17-20)14-5-3-2-4-6-14/h2-6H,7-13H2,1H3. The Morgan fingerprint density at radius 2 is 1.71 bits per heavy atom. The number of piperazine rings is 1. The fourth-order valence-corrected chi connectivity index (χ4v) is 3.77. The molecule has 1 saturated heterocycles. The summed E-state index contributed by atoms with van der Waals surface area (Å²) in [5.74, 6) is 0.0141. The van der Waals surface area contributed by atoms with Crippen molar-refractivity contribution in [2.75, 3.05) is 39.1 Å². The molecule has 0 unspecified atom stereocenters. The molecule has 0 saturated carbocycles. The Morgan fingerprint density at radius 3 is 2.33 bits per heavy atom. The minimum absolute atomic E-state index is 0.0141. The predicted octanol–water partition coefficient (Wildman–Crippen LogP) is 0.548. The lowest BCUT2D eigenvalue weighted by molar-refractivity contribution is -0.134. The maximum atomic E-state index is 12.2. The number of rotatable bonds is 4. The molecule has 1 fully saturated rings. The Hall–Kier alpha value is -1.77. The molecule has 1 amide bonds. The van der Waals surface area contributed by atoms with E-state index in [9.17, 15) is 13.2 Å². The van der Waals surface area contributed by atoms with Gasteiger partial charge in [0.2, 0.25) is 15.9 Å². The molecule has 3 rings (SSSR count). The molecule has 1 aromatic rings. The quantitative estimate of drug-likeness (QED) is 0.795. The van der Waals surface area contributed by atoms with Crippen molar-refractivity contribution in [2.45, 2.75) is 12.8 Å². The van der Waals surface area contributed by atoms with Crippen molar-refractivity contribution < 1.29 is 13.2 Å². The highest BCUT2D eigenvalue weighted by Gasteiger charge is 2.27. The van der Waals surface area contributed by atoms with E-state index in [-0.39, 0.29) is 5.91 Å². The summed E-state index contributed by atoms with van der Waals surface area (Å²) in [5, 5.41) is 6.04. The van der Waals surface area contributed by atoms with E-state index in [1.807, 2.05) is 30.3 Å². The number of hydrogen-bond donors (Lipinski definition) is 0. The summed E-state index contributed by atoms with van der Waals surface area (Å²) in [4.78, 5) is 14.2. The van der Waals surface area contributed by atoms with Crippen LogP contribution in [0.4, 0.5) is 0 Å². The second-order valence-electron chi connectivity index (χ2n) is 6.13. The van der Waals surface area contributed by atoms with E-state index < -0.39 is 10.0 Å². The van der Waals surface area contributed by atoms with Crippen LogP contribution in [-0.2, 0) is 14.8 Å². The van der Waals surface area contributed by atoms with Crippen LogP contribution in [0, 0.1) is 0 Å². The smallest absolute Gasteiger partial charge is 0.244 e. The minimum atomic E-state index is -3.14. The number of carbonyl (C=O) groups is 1. The third-order valence-corrected chi connectivity index (χ3v) is 5.65. The topological polar surface area (TPSA) is 73.3 Å². The summed E-state index contributed by atoms with van der Waals surface area (Å²) in [6.45, 7) is 2.53. The summed E-state index contributed by atoms with van der Waals surface area (Å²) in [7, 11) is -3.14. The van der Waals surface area contributed by atoms with Crippen LogP contribution < -0.4 is 0 Å². The lowest BCUT2D eigenvalue weighted by atomic mass is 10.0. The van der Waals surface area contributed by atoms with Crippen molar-refractivity contribution in [3.63, 3.8) is 0 Å². The fraction of sp³-hybridized carbons (Fsp3) is 0.500. The van der Waals surface area contributed by atoms with Gasteiger partial charge < -0.3 is 0 Å². The van der Waals surface area contributed by atoms with Gasteiger partial charge in [0.25, 0.3) is 0 Å². The van der Waals surface area contributed by atoms with Gasteiger partial charge in [0, 0.05) is 39.0 Å². The summed E-state index contributed by atoms with van der Waals surface area (Å²) in [5.41, 5.74) is 1.96. The maximum absolute atomic E-state index is 12.2. The summed E-state index contributed by atoms with van der Waals surface area (Å²) in [6.07, 6.45) is 2.34. The number of carbonyl (C=O) groups excluding carboxylic acids is 1. The van der Waals surface area contributed by atoms with Crippen LogP contribution in [0.25, 0.3) is 0 Å². The molecule has 0 aromatic heterocycles. The van der Waals surface area contributed by atoms with Crippen LogP contribution in [0.5, 0.6) is 0 Å². The van der Waals surface area contributed by atoms with Crippen molar-refractivity contribution >= 4 is 21.6 Å². The van der Waals surface area contributed by atoms with Crippen molar-refractivity contribution in [3.8, 4) is 0 Å². The molecule has 130 valence electrons. The van der Waals surface area contributed by atoms with Gasteiger partial charge >= 0.3 is 0 Å². The first-order valence-electron chi connectivity index (χ1n) is 8.04. The van der Waals surface area contributed by atoms with E-state index in [1.165, 1.54) is 15.6 Å². The number of amides is 1. The molecule has 2 aliphatic heterocycles. The SMILES string of the molecule is CS(=O)(=O)N1CCN(CN2N=C(c3ccccc3)CCC2=O)CC1. The van der Waals surface area contributed by atoms with Gasteiger partial charge in [-0.2, -0.15) is 9.41 Å². The Kier molecular flexibility index (Phi) is 4.98. The van der Waals surface area contributed by atoms with Gasteiger partial charge in [-0.05, 0) is 5.56 Å². The molecular weight excluding hydrogens is 328 g/mol. The Morgan fingerprint density at radius 1 is 1.04 bits per heavy atom. The fourth-order valence-electron chi connectivity index (χ4n) is 2.94. The van der Waals surface area contributed by atoms with Gasteiger partial charge in [-0.15, -0.1) is 0 Å². The number of hydrogen-bond acceptors (Lipinski definition) is 5. The van der Waals surface area contributed by atoms with Crippen molar-refractivity contribution in [1.29, 1.82) is 0 Å². The van der Waals surface area contributed by atoms with Gasteiger partial charge in [-0.25, -0.2) is 13.4 Å². The molecule has 0 bridgehead atoms. The summed E-state index contributed by atoms with van der Waals surface area (Å²) in [6, 6.07) is 9.87. The lowest BCUT2D eigenvalue weighted by Crippen LogP contribution is -2.51. The molecule has 0 spiro atoms. The van der Waals surface area contributed by atoms with Crippen LogP contribution in [0.3, 0.4) is 0 Å². The molecule has 2 aliphatic rings. The molecule has 24 heavy (non-hydrogen) atoms. The average molecular weight is 350 g/mol. The second kappa shape index (κ2) is 7.00. The van der Waals surface area contributed by atoms with Gasteiger partial charge in [-0.3, -0.25) is 9.69 Å². The third-order valence-electron chi connectivity index (χ3n) is 4.35. The molecular formula is C16H22N4O3S. The second-order valence-corrected chi connectivity index (χ2v) is 8.11. The Balaban J connectivity index is 1.65. The normalized spacial score (nSPS) is 21.0. The van der Waals surface area contributed by atoms with E-state index in [2.05, 4.69) is 10.0 Å². The molecule has 0 atom stereocenters. The van der Waals surface area contributed by atoms with Gasteiger partial charge in [0.05, 0.1) is 18.6 Å². The van der Waals surface area contributed by atoms with E-state index >= 15 is 0 Å². The van der Waals surface area contributed by atoms with Crippen LogP contribution in [0.2, 0.25) is 0 Å². The Labute approximate surface area is 142 Å². The molecule has 7 nitrogen and oxygen atoms in total. The largest absolute Gasteiger partial charge is 0.282 e. The maximum Gasteiger partial charge on any atom is 0.244 e. The van der Waals surface area contributed by atoms with E-state index in [4.69, 9.17) is 0 Å². The molecule has 0 aliphatic carbocycles. The molecule has 8 heteroatoms. The minimum Gasteiger partial charge on any atom is -0.282 e. The highest BCUT2D eigenvalue weighted by molar-refractivity contribution is 7.88. The van der Waals surface area contributed by atoms with Crippen molar-refractivity contribution in [1.82, 2.24) is 14.2 Å². The number of nitrogens with zero attached hydrogens (tertiary/aromatic N) is 4. The van der Waals surface area contributed by atoms with Gasteiger partial charge in [0.15, 0.2) is 0 Å². The third kappa shape index (κ3) is 4.00. The summed E-state index contributed by atoms with van der Waals surface area (Å²) < 4.78 is 24.6. The number of benzene rings is 1. The highest BCUT2D eigenvalue weighted by atomic mass is 32.2. The van der Waals surface area contributed by atoms with E-state index in [1.54, 1.807) is 0 Å². The monoisotopic (exact) mass is 350 g/mol. The van der Waals surface area contributed by atoms with Crippen LogP contribution in [0.15, 0.2) is 35.4 Å². The average Bonchev–Trinajstić information content (AvgIpc) is 2.57. The molecule has 2 heterocycles. The van der Waals surface area contributed by atoms with E-state index in [0.29, 0.717) is 45.7 Å². The molecule has 0 radical (unpaired) electrons. The first-order valence-corrected chi connectivity index (χ1v) is 9.89. The van der Waals surface area contributed by atoms with Crippen LogP contribution in [0.1, 0.15) is 18.4 Å². The van der Waals surface area contributed by atoms with Gasteiger partial charge in [-0.1, -0.05) is 30.3 Å². The zero-order valence-electron chi connectivity index (χ0n) is 13.8. The van der Waals surface area contributed by atoms with E-state index in [0.717, 1.165) is 11.3 Å². The zero-order chi connectivity index (χ0) is 17.2. The van der Waals surface area contributed by atoms with Crippen molar-refractivity contribution in [3.05, 3.63) is 35.9 Å². The first kappa shape index (κ1) is 17.1. The van der Waals surface area contributed by atoms with Crippen molar-refractivity contribution in [2.24, 2.45) is 5.10 Å². The van der Waals surface area contributed by atoms with Gasteiger partial charge in [0.1, 0.15) is 0 Å². The zero-order valence-corrected chi connectivity index (χ0v) is 14.6. The molecule has 0 N–H and O–H groups in total. The summed E-state index contributed by atoms with van der Waals surface area (Å²) >= 11 is 0. The molecule has 1 aromatic carbocycles. The predicted molar refractivity (Wildman–Crippen MR) is 91.9 cm³/mol. The first-order chi connectivity index (χ1) is 11.4. The lowest BCUT2D eigenvalue weighted by Gasteiger charge is -2.36.